The number of aromatic nitrogens is 1. The number of para-hydroxylation sites is 1. The maximum absolute atomic E-state index is 13.0. The molecule has 172 valence electrons. The topological polar surface area (TPSA) is 42.0 Å². The minimum atomic E-state index is 0.0346. The lowest BCUT2D eigenvalue weighted by atomic mass is 9.75. The quantitative estimate of drug-likeness (QED) is 0.334. The van der Waals surface area contributed by atoms with E-state index in [0.717, 1.165) is 48.7 Å². The van der Waals surface area contributed by atoms with Gasteiger partial charge in [0.05, 0.1) is 5.52 Å². The predicted molar refractivity (Wildman–Crippen MR) is 140 cm³/mol. The van der Waals surface area contributed by atoms with Crippen molar-refractivity contribution in [2.75, 3.05) is 0 Å². The van der Waals surface area contributed by atoms with Crippen LogP contribution in [0.15, 0.2) is 91.1 Å². The van der Waals surface area contributed by atoms with Crippen molar-refractivity contribution in [3.8, 4) is 11.1 Å². The standard InChI is InChI=1S/C31H32N2O/c1-2-29(33-31(34)26-18-14-23(15-19-26)22-8-4-3-5-9-22)25-16-12-24(13-17-25)28-20-27-10-6-7-11-30(27)32-21-28/h3-11,14-15,18-21,24-25,29H,2,12-13,16-17H2,1H3,(H,33,34)/t24-,25+,29-/m1/s1. The van der Waals surface area contributed by atoms with Gasteiger partial charge in [0, 0.05) is 23.2 Å². The Hall–Kier alpha value is -3.46. The number of nitrogens with zero attached hydrogens (tertiary/aromatic N) is 1. The fourth-order valence-corrected chi connectivity index (χ4v) is 5.42. The smallest absolute Gasteiger partial charge is 0.251 e. The molecule has 34 heavy (non-hydrogen) atoms. The van der Waals surface area contributed by atoms with Gasteiger partial charge in [0.1, 0.15) is 0 Å². The average molecular weight is 449 g/mol. The van der Waals surface area contributed by atoms with Crippen LogP contribution >= 0.6 is 0 Å². The maximum atomic E-state index is 13.0. The first-order chi connectivity index (χ1) is 16.7. The van der Waals surface area contributed by atoms with Crippen LogP contribution in [0.25, 0.3) is 22.0 Å². The molecule has 1 heterocycles. The van der Waals surface area contributed by atoms with Gasteiger partial charge in [-0.25, -0.2) is 0 Å². The van der Waals surface area contributed by atoms with Crippen LogP contribution in [0.5, 0.6) is 0 Å². The summed E-state index contributed by atoms with van der Waals surface area (Å²) in [6, 6.07) is 29.1. The van der Waals surface area contributed by atoms with Gasteiger partial charge in [-0.05, 0) is 84.9 Å². The third-order valence-corrected chi connectivity index (χ3v) is 7.43. The lowest BCUT2D eigenvalue weighted by molar-refractivity contribution is 0.0909. The zero-order valence-electron chi connectivity index (χ0n) is 19.8. The molecular formula is C31H32N2O. The van der Waals surface area contributed by atoms with Crippen molar-refractivity contribution in [3.05, 3.63) is 102 Å². The zero-order valence-corrected chi connectivity index (χ0v) is 19.8. The van der Waals surface area contributed by atoms with Crippen molar-refractivity contribution in [1.82, 2.24) is 10.3 Å². The van der Waals surface area contributed by atoms with E-state index >= 15 is 0 Å². The second-order valence-electron chi connectivity index (χ2n) is 9.50. The molecule has 1 aromatic heterocycles. The van der Waals surface area contributed by atoms with E-state index in [0.29, 0.717) is 11.8 Å². The SMILES string of the molecule is CC[C@@H](NC(=O)c1ccc(-c2ccccc2)cc1)[C@H]1CC[C@@H](c2cnc3ccccc3c2)CC1. The van der Waals surface area contributed by atoms with Crippen LogP contribution in [0.3, 0.4) is 0 Å². The van der Waals surface area contributed by atoms with Gasteiger partial charge in [0.25, 0.3) is 5.91 Å². The number of benzene rings is 3. The summed E-state index contributed by atoms with van der Waals surface area (Å²) < 4.78 is 0. The van der Waals surface area contributed by atoms with E-state index in [1.807, 2.05) is 48.5 Å². The molecule has 3 nitrogen and oxygen atoms in total. The summed E-state index contributed by atoms with van der Waals surface area (Å²) in [5, 5.41) is 4.56. The van der Waals surface area contributed by atoms with Crippen molar-refractivity contribution in [2.24, 2.45) is 5.92 Å². The predicted octanol–water partition coefficient (Wildman–Crippen LogP) is 7.38. The van der Waals surface area contributed by atoms with E-state index in [2.05, 4.69) is 59.8 Å². The molecule has 1 aliphatic rings. The summed E-state index contributed by atoms with van der Waals surface area (Å²) in [4.78, 5) is 17.7. The fourth-order valence-electron chi connectivity index (χ4n) is 5.42. The number of hydrogen-bond donors (Lipinski definition) is 1. The number of pyridine rings is 1. The van der Waals surface area contributed by atoms with Crippen LogP contribution in [0.4, 0.5) is 0 Å². The van der Waals surface area contributed by atoms with Gasteiger partial charge in [-0.3, -0.25) is 9.78 Å². The van der Waals surface area contributed by atoms with Crippen molar-refractivity contribution in [3.63, 3.8) is 0 Å². The average Bonchev–Trinajstić information content (AvgIpc) is 2.92. The van der Waals surface area contributed by atoms with Gasteiger partial charge in [0.15, 0.2) is 0 Å². The van der Waals surface area contributed by atoms with Gasteiger partial charge in [-0.15, -0.1) is 0 Å². The highest BCUT2D eigenvalue weighted by molar-refractivity contribution is 5.94. The Balaban J connectivity index is 1.19. The second-order valence-corrected chi connectivity index (χ2v) is 9.50. The van der Waals surface area contributed by atoms with Crippen LogP contribution in [-0.4, -0.2) is 16.9 Å². The molecule has 0 radical (unpaired) electrons. The highest BCUT2D eigenvalue weighted by Gasteiger charge is 2.28. The van der Waals surface area contributed by atoms with Gasteiger partial charge < -0.3 is 5.32 Å². The first-order valence-electron chi connectivity index (χ1n) is 12.5. The molecule has 1 amide bonds. The Labute approximate surface area is 202 Å². The van der Waals surface area contributed by atoms with E-state index in [-0.39, 0.29) is 11.9 Å². The van der Waals surface area contributed by atoms with Gasteiger partial charge in [-0.2, -0.15) is 0 Å². The number of nitrogens with one attached hydrogen (secondary N) is 1. The maximum Gasteiger partial charge on any atom is 0.251 e. The monoisotopic (exact) mass is 448 g/mol. The molecule has 3 aromatic carbocycles. The minimum absolute atomic E-state index is 0.0346. The summed E-state index contributed by atoms with van der Waals surface area (Å²) in [5.74, 6) is 1.13. The molecule has 0 bridgehead atoms. The van der Waals surface area contributed by atoms with Gasteiger partial charge in [-0.1, -0.05) is 67.6 Å². The molecule has 0 aliphatic heterocycles. The fraction of sp³-hybridized carbons (Fsp3) is 0.290. The van der Waals surface area contributed by atoms with Crippen LogP contribution in [0.2, 0.25) is 0 Å². The molecule has 1 saturated carbocycles. The van der Waals surface area contributed by atoms with E-state index in [1.165, 1.54) is 16.5 Å². The van der Waals surface area contributed by atoms with E-state index in [9.17, 15) is 4.79 Å². The van der Waals surface area contributed by atoms with E-state index in [1.54, 1.807) is 0 Å². The highest BCUT2D eigenvalue weighted by Crippen LogP contribution is 2.38. The number of hydrogen-bond acceptors (Lipinski definition) is 2. The molecule has 5 rings (SSSR count). The molecule has 0 spiro atoms. The van der Waals surface area contributed by atoms with E-state index < -0.39 is 0 Å². The number of carbonyl (C=O) groups is 1. The Morgan fingerprint density at radius 1 is 0.882 bits per heavy atom. The summed E-state index contributed by atoms with van der Waals surface area (Å²) in [6.07, 6.45) is 7.62. The molecule has 1 fully saturated rings. The zero-order chi connectivity index (χ0) is 23.3. The lowest BCUT2D eigenvalue weighted by Crippen LogP contribution is -2.41. The van der Waals surface area contributed by atoms with Gasteiger partial charge in [0.2, 0.25) is 0 Å². The highest BCUT2D eigenvalue weighted by atomic mass is 16.1. The summed E-state index contributed by atoms with van der Waals surface area (Å²) in [5.41, 5.74) is 5.44. The van der Waals surface area contributed by atoms with Crippen LogP contribution in [-0.2, 0) is 0 Å². The largest absolute Gasteiger partial charge is 0.349 e. The summed E-state index contributed by atoms with van der Waals surface area (Å²) in [7, 11) is 0. The molecule has 3 heteroatoms. The number of rotatable bonds is 6. The first kappa shape index (κ1) is 22.3. The number of amides is 1. The molecule has 0 unspecified atom stereocenters. The molecule has 1 atom stereocenters. The van der Waals surface area contributed by atoms with Crippen molar-refractivity contribution in [1.29, 1.82) is 0 Å². The summed E-state index contributed by atoms with van der Waals surface area (Å²) in [6.45, 7) is 2.18. The van der Waals surface area contributed by atoms with Crippen molar-refractivity contribution >= 4 is 16.8 Å². The van der Waals surface area contributed by atoms with Crippen LogP contribution in [0.1, 0.15) is 60.9 Å². The number of fused-ring (bicyclic) bond motifs is 1. The summed E-state index contributed by atoms with van der Waals surface area (Å²) >= 11 is 0. The molecule has 1 aliphatic carbocycles. The third kappa shape index (κ3) is 4.89. The normalized spacial score (nSPS) is 19.0. The van der Waals surface area contributed by atoms with Gasteiger partial charge >= 0.3 is 0 Å². The molecular weight excluding hydrogens is 416 g/mol. The molecule has 4 aromatic rings. The second kappa shape index (κ2) is 10.2. The molecule has 1 N–H and O–H groups in total. The lowest BCUT2D eigenvalue weighted by Gasteiger charge is -2.34. The Morgan fingerprint density at radius 3 is 2.29 bits per heavy atom. The molecule has 0 saturated heterocycles. The third-order valence-electron chi connectivity index (χ3n) is 7.43. The Morgan fingerprint density at radius 2 is 1.56 bits per heavy atom. The van der Waals surface area contributed by atoms with Crippen molar-refractivity contribution < 1.29 is 4.79 Å². The Kier molecular flexibility index (Phi) is 6.71. The van der Waals surface area contributed by atoms with Crippen LogP contribution < -0.4 is 5.32 Å². The van der Waals surface area contributed by atoms with Crippen molar-refractivity contribution in [2.45, 2.75) is 51.0 Å². The number of carbonyl (C=O) groups excluding carboxylic acids is 1. The Bertz CT molecular complexity index is 1240. The first-order valence-corrected chi connectivity index (χ1v) is 12.5. The van der Waals surface area contributed by atoms with E-state index in [4.69, 9.17) is 0 Å². The minimum Gasteiger partial charge on any atom is -0.349 e. The van der Waals surface area contributed by atoms with Crippen LogP contribution in [0, 0.1) is 5.92 Å².